The molecule has 0 spiro atoms. The lowest BCUT2D eigenvalue weighted by Gasteiger charge is -2.34. The van der Waals surface area contributed by atoms with Gasteiger partial charge in [-0.2, -0.15) is 0 Å². The van der Waals surface area contributed by atoms with Gasteiger partial charge >= 0.3 is 0 Å². The number of hydrogen-bond acceptors (Lipinski definition) is 3. The first-order valence-electron chi connectivity index (χ1n) is 9.98. The number of carbonyl (C=O) groups is 1. The quantitative estimate of drug-likeness (QED) is 0.840. The Kier molecular flexibility index (Phi) is 5.49. The highest BCUT2D eigenvalue weighted by Gasteiger charge is 2.26. The number of fused-ring (bicyclic) bond motifs is 1. The maximum atomic E-state index is 12.7. The minimum absolute atomic E-state index is 0.345. The molecule has 3 heterocycles. The molecule has 4 heteroatoms. The lowest BCUT2D eigenvalue weighted by molar-refractivity contribution is -0.134. The minimum atomic E-state index is 0.345. The standard InChI is InChI=1S/C22H28N2O2/c25-21(15-17-8-12-26-13-9-17)24-11-3-4-18(16-24)14-20-6-1-5-19-7-2-10-23-22(19)20/h1-2,5-7,10,17-18H,3-4,8-9,11-16H2/t18-/m1/s1. The van der Waals surface area contributed by atoms with Crippen molar-refractivity contribution in [2.45, 2.75) is 38.5 Å². The van der Waals surface area contributed by atoms with Gasteiger partial charge in [0.1, 0.15) is 0 Å². The number of rotatable bonds is 4. The summed E-state index contributed by atoms with van der Waals surface area (Å²) < 4.78 is 5.41. The molecule has 2 aromatic rings. The number of hydrogen-bond donors (Lipinski definition) is 0. The first kappa shape index (κ1) is 17.5. The molecule has 2 aliphatic heterocycles. The Balaban J connectivity index is 1.39. The van der Waals surface area contributed by atoms with Gasteiger partial charge in [-0.25, -0.2) is 0 Å². The second-order valence-electron chi connectivity index (χ2n) is 7.80. The van der Waals surface area contributed by atoms with E-state index in [1.807, 2.05) is 12.3 Å². The van der Waals surface area contributed by atoms with Gasteiger partial charge in [0.15, 0.2) is 0 Å². The Morgan fingerprint density at radius 1 is 1.12 bits per heavy atom. The third kappa shape index (κ3) is 4.07. The molecule has 0 bridgehead atoms. The summed E-state index contributed by atoms with van der Waals surface area (Å²) in [6, 6.07) is 10.5. The monoisotopic (exact) mass is 352 g/mol. The molecule has 0 unspecified atom stereocenters. The van der Waals surface area contributed by atoms with Gasteiger partial charge in [-0.1, -0.05) is 24.3 Å². The summed E-state index contributed by atoms with van der Waals surface area (Å²) in [5.41, 5.74) is 2.42. The zero-order valence-corrected chi connectivity index (χ0v) is 15.4. The number of para-hydroxylation sites is 1. The van der Waals surface area contributed by atoms with Crippen LogP contribution in [-0.2, 0) is 16.0 Å². The fraction of sp³-hybridized carbons (Fsp3) is 0.545. The van der Waals surface area contributed by atoms with E-state index in [1.165, 1.54) is 17.4 Å². The average molecular weight is 352 g/mol. The van der Waals surface area contributed by atoms with Gasteiger partial charge < -0.3 is 9.64 Å². The highest BCUT2D eigenvalue weighted by molar-refractivity contribution is 5.81. The second kappa shape index (κ2) is 8.17. The Morgan fingerprint density at radius 2 is 1.96 bits per heavy atom. The van der Waals surface area contributed by atoms with Gasteiger partial charge in [0.2, 0.25) is 5.91 Å². The van der Waals surface area contributed by atoms with Crippen molar-refractivity contribution in [3.05, 3.63) is 42.1 Å². The molecule has 4 nitrogen and oxygen atoms in total. The average Bonchev–Trinajstić information content (AvgIpc) is 2.69. The maximum Gasteiger partial charge on any atom is 0.222 e. The molecule has 1 atom stereocenters. The zero-order valence-electron chi connectivity index (χ0n) is 15.4. The van der Waals surface area contributed by atoms with Crippen LogP contribution in [0.15, 0.2) is 36.5 Å². The fourth-order valence-electron chi connectivity index (χ4n) is 4.43. The molecule has 0 saturated carbocycles. The van der Waals surface area contributed by atoms with Crippen molar-refractivity contribution >= 4 is 16.8 Å². The number of carbonyl (C=O) groups excluding carboxylic acids is 1. The summed E-state index contributed by atoms with van der Waals surface area (Å²) >= 11 is 0. The van der Waals surface area contributed by atoms with Crippen molar-refractivity contribution in [1.29, 1.82) is 0 Å². The van der Waals surface area contributed by atoms with E-state index in [-0.39, 0.29) is 0 Å². The predicted molar refractivity (Wildman–Crippen MR) is 103 cm³/mol. The molecule has 1 aromatic heterocycles. The topological polar surface area (TPSA) is 42.4 Å². The molecule has 2 saturated heterocycles. The summed E-state index contributed by atoms with van der Waals surface area (Å²) in [5.74, 6) is 1.39. The van der Waals surface area contributed by atoms with Crippen LogP contribution in [0, 0.1) is 11.8 Å². The summed E-state index contributed by atoms with van der Waals surface area (Å²) in [7, 11) is 0. The largest absolute Gasteiger partial charge is 0.381 e. The highest BCUT2D eigenvalue weighted by Crippen LogP contribution is 2.26. The van der Waals surface area contributed by atoms with Crippen LogP contribution in [0.5, 0.6) is 0 Å². The summed E-state index contributed by atoms with van der Waals surface area (Å²) in [5, 5.41) is 1.20. The normalized spacial score (nSPS) is 21.8. The van der Waals surface area contributed by atoms with Crippen molar-refractivity contribution < 1.29 is 9.53 Å². The molecule has 2 fully saturated rings. The van der Waals surface area contributed by atoms with E-state index in [0.717, 1.165) is 57.5 Å². The number of pyridine rings is 1. The molecule has 2 aliphatic rings. The smallest absolute Gasteiger partial charge is 0.222 e. The number of nitrogens with zero attached hydrogens (tertiary/aromatic N) is 2. The molecular weight excluding hydrogens is 324 g/mol. The van der Waals surface area contributed by atoms with Crippen LogP contribution >= 0.6 is 0 Å². The van der Waals surface area contributed by atoms with E-state index in [2.05, 4.69) is 34.1 Å². The van der Waals surface area contributed by atoms with Gasteiger partial charge in [0.25, 0.3) is 0 Å². The van der Waals surface area contributed by atoms with E-state index >= 15 is 0 Å². The second-order valence-corrected chi connectivity index (χ2v) is 7.80. The van der Waals surface area contributed by atoms with Crippen LogP contribution in [0.1, 0.15) is 37.7 Å². The Bertz CT molecular complexity index is 749. The van der Waals surface area contributed by atoms with Crippen molar-refractivity contribution in [1.82, 2.24) is 9.88 Å². The number of benzene rings is 1. The summed E-state index contributed by atoms with van der Waals surface area (Å²) in [4.78, 5) is 19.4. The van der Waals surface area contributed by atoms with E-state index in [4.69, 9.17) is 4.74 Å². The highest BCUT2D eigenvalue weighted by atomic mass is 16.5. The summed E-state index contributed by atoms with van der Waals surface area (Å²) in [6.07, 6.45) is 7.96. The molecule has 4 rings (SSSR count). The number of likely N-dealkylation sites (tertiary alicyclic amines) is 1. The van der Waals surface area contributed by atoms with Crippen LogP contribution < -0.4 is 0 Å². The van der Waals surface area contributed by atoms with Crippen molar-refractivity contribution in [3.63, 3.8) is 0 Å². The molecule has 0 aliphatic carbocycles. The Labute approximate surface area is 155 Å². The van der Waals surface area contributed by atoms with Gasteiger partial charge in [-0.15, -0.1) is 0 Å². The van der Waals surface area contributed by atoms with Gasteiger partial charge in [-0.05, 0) is 55.6 Å². The summed E-state index contributed by atoms with van der Waals surface area (Å²) in [6.45, 7) is 3.45. The SMILES string of the molecule is O=C(CC1CCOCC1)N1CCC[C@H](Cc2cccc3cccnc23)C1. The molecule has 0 radical (unpaired) electrons. The van der Waals surface area contributed by atoms with E-state index in [0.29, 0.717) is 24.2 Å². The maximum absolute atomic E-state index is 12.7. The number of aromatic nitrogens is 1. The van der Waals surface area contributed by atoms with Gasteiger partial charge in [0.05, 0.1) is 5.52 Å². The van der Waals surface area contributed by atoms with Crippen molar-refractivity contribution in [2.75, 3.05) is 26.3 Å². The van der Waals surface area contributed by atoms with Crippen LogP contribution in [0.4, 0.5) is 0 Å². The first-order chi connectivity index (χ1) is 12.8. The van der Waals surface area contributed by atoms with Crippen LogP contribution in [0.25, 0.3) is 10.9 Å². The van der Waals surface area contributed by atoms with Crippen LogP contribution in [0.3, 0.4) is 0 Å². The number of ether oxygens (including phenoxy) is 1. The fourth-order valence-corrected chi connectivity index (χ4v) is 4.43. The predicted octanol–water partition coefficient (Wildman–Crippen LogP) is 3.83. The van der Waals surface area contributed by atoms with E-state index < -0.39 is 0 Å². The van der Waals surface area contributed by atoms with E-state index in [1.54, 1.807) is 0 Å². The number of piperidine rings is 1. The van der Waals surface area contributed by atoms with Gasteiger partial charge in [0, 0.05) is 44.3 Å². The first-order valence-corrected chi connectivity index (χ1v) is 9.98. The molecule has 0 N–H and O–H groups in total. The lowest BCUT2D eigenvalue weighted by Crippen LogP contribution is -2.41. The molecule has 1 aromatic carbocycles. The molecular formula is C22H28N2O2. The minimum Gasteiger partial charge on any atom is -0.381 e. The lowest BCUT2D eigenvalue weighted by atomic mass is 9.89. The molecule has 1 amide bonds. The number of amides is 1. The van der Waals surface area contributed by atoms with E-state index in [9.17, 15) is 4.79 Å². The molecule has 26 heavy (non-hydrogen) atoms. The van der Waals surface area contributed by atoms with Crippen molar-refractivity contribution in [2.24, 2.45) is 11.8 Å². The van der Waals surface area contributed by atoms with Gasteiger partial charge in [-0.3, -0.25) is 9.78 Å². The third-order valence-corrected chi connectivity index (χ3v) is 5.90. The Morgan fingerprint density at radius 3 is 2.85 bits per heavy atom. The third-order valence-electron chi connectivity index (χ3n) is 5.90. The Hall–Kier alpha value is -1.94. The molecule has 138 valence electrons. The van der Waals surface area contributed by atoms with Crippen LogP contribution in [-0.4, -0.2) is 42.1 Å². The van der Waals surface area contributed by atoms with Crippen LogP contribution in [0.2, 0.25) is 0 Å². The van der Waals surface area contributed by atoms with Crippen molar-refractivity contribution in [3.8, 4) is 0 Å². The zero-order chi connectivity index (χ0) is 17.8.